The lowest BCUT2D eigenvalue weighted by Crippen LogP contribution is -2.39. The van der Waals surface area contributed by atoms with Gasteiger partial charge in [-0.1, -0.05) is 47.8 Å². The van der Waals surface area contributed by atoms with Crippen molar-refractivity contribution in [1.29, 1.82) is 0 Å². The van der Waals surface area contributed by atoms with Crippen molar-refractivity contribution in [1.82, 2.24) is 15.1 Å². The molecule has 0 saturated heterocycles. The van der Waals surface area contributed by atoms with Gasteiger partial charge in [-0.3, -0.25) is 14.4 Å². The van der Waals surface area contributed by atoms with Crippen molar-refractivity contribution in [3.8, 4) is 5.75 Å². The maximum Gasteiger partial charge on any atom is 0.258 e. The molecule has 0 aromatic heterocycles. The van der Waals surface area contributed by atoms with Crippen molar-refractivity contribution in [2.45, 2.75) is 57.0 Å². The molecular formula is C34H32Br3F2N3O4. The first-order valence-corrected chi connectivity index (χ1v) is 17.7. The summed E-state index contributed by atoms with van der Waals surface area (Å²) >= 11 is 9.90. The summed E-state index contributed by atoms with van der Waals surface area (Å²) in [5, 5.41) is 2.60. The number of ether oxygens (including phenoxy) is 1. The molecule has 3 amide bonds. The van der Waals surface area contributed by atoms with E-state index in [0.29, 0.717) is 39.7 Å². The second-order valence-corrected chi connectivity index (χ2v) is 14.7. The quantitative estimate of drug-likeness (QED) is 0.303. The maximum absolute atomic E-state index is 13.8. The molecule has 3 aromatic rings. The lowest BCUT2D eigenvalue weighted by Gasteiger charge is -2.29. The lowest BCUT2D eigenvalue weighted by molar-refractivity contribution is 0.0713. The molecule has 8 rings (SSSR count). The van der Waals surface area contributed by atoms with Crippen molar-refractivity contribution in [3.63, 3.8) is 0 Å². The molecule has 0 spiro atoms. The summed E-state index contributed by atoms with van der Waals surface area (Å²) in [7, 11) is 1.62. The number of hydrogen-bond donors (Lipinski definition) is 1. The first-order valence-electron chi connectivity index (χ1n) is 15.3. The minimum atomic E-state index is -0.457. The zero-order chi connectivity index (χ0) is 32.7. The number of carbonyl (C=O) groups is 3. The van der Waals surface area contributed by atoms with Crippen LogP contribution >= 0.6 is 47.8 Å². The zero-order valence-electron chi connectivity index (χ0n) is 25.1. The number of halogens is 5. The van der Waals surface area contributed by atoms with Crippen LogP contribution in [0.15, 0.2) is 49.8 Å². The molecule has 0 atom stereocenters. The highest BCUT2D eigenvalue weighted by Gasteiger charge is 2.38. The highest BCUT2D eigenvalue weighted by molar-refractivity contribution is 9.11. The van der Waals surface area contributed by atoms with Gasteiger partial charge in [-0.05, 0) is 98.0 Å². The molecule has 242 valence electrons. The van der Waals surface area contributed by atoms with Gasteiger partial charge >= 0.3 is 0 Å². The van der Waals surface area contributed by atoms with E-state index in [1.165, 1.54) is 12.1 Å². The van der Waals surface area contributed by atoms with Gasteiger partial charge < -0.3 is 19.9 Å². The smallest absolute Gasteiger partial charge is 0.258 e. The van der Waals surface area contributed by atoms with Crippen molar-refractivity contribution in [3.05, 3.63) is 94.8 Å². The molecule has 2 aliphatic carbocycles. The number of fused-ring (bicyclic) bond motifs is 3. The predicted molar refractivity (Wildman–Crippen MR) is 180 cm³/mol. The van der Waals surface area contributed by atoms with Crippen molar-refractivity contribution < 1.29 is 27.9 Å². The Bertz CT molecular complexity index is 1710. The van der Waals surface area contributed by atoms with Crippen LogP contribution < -0.4 is 10.1 Å². The van der Waals surface area contributed by atoms with Gasteiger partial charge in [-0.15, -0.1) is 0 Å². The second-order valence-electron chi connectivity index (χ2n) is 12.0. The van der Waals surface area contributed by atoms with E-state index < -0.39 is 11.6 Å². The van der Waals surface area contributed by atoms with Crippen LogP contribution in [0.1, 0.15) is 73.4 Å². The summed E-state index contributed by atoms with van der Waals surface area (Å²) in [5.74, 6) is -0.482. The van der Waals surface area contributed by atoms with Crippen LogP contribution in [0.2, 0.25) is 0 Å². The molecule has 0 radical (unpaired) electrons. The van der Waals surface area contributed by atoms with Crippen LogP contribution in [-0.4, -0.2) is 66.3 Å². The standard InChI is InChI=1S/C13H14BrNO2.C12H11BrFNO.C9H7BrFNO/c1-17-11-7-9(14)6-8-4-5-15(10-2-3-10)13(16)12(8)11;13-8-5-7-3-4-15(9-1-2-9)12(16)11(7)10(14)6-8;10-6-3-5-1-2-12-9(13)8(5)7(11)4-6/h6-7,10H,2-5H2,1H3;5-6,9H,1-4H2;3-4H,1-2H2,(H,12,13). The van der Waals surface area contributed by atoms with Crippen molar-refractivity contribution >= 4 is 65.5 Å². The van der Waals surface area contributed by atoms with Gasteiger partial charge in [0.1, 0.15) is 17.4 Å². The van der Waals surface area contributed by atoms with E-state index in [9.17, 15) is 23.2 Å². The molecule has 2 fully saturated rings. The van der Waals surface area contributed by atoms with E-state index in [0.717, 1.165) is 78.3 Å². The molecule has 3 aliphatic heterocycles. The van der Waals surface area contributed by atoms with Crippen LogP contribution in [0.3, 0.4) is 0 Å². The van der Waals surface area contributed by atoms with E-state index >= 15 is 0 Å². The van der Waals surface area contributed by atoms with E-state index in [2.05, 4.69) is 53.1 Å². The van der Waals surface area contributed by atoms with E-state index in [1.54, 1.807) is 13.2 Å². The Morgan fingerprint density at radius 3 is 1.65 bits per heavy atom. The number of methoxy groups -OCH3 is 1. The molecule has 3 aromatic carbocycles. The summed E-state index contributed by atoms with van der Waals surface area (Å²) in [6.45, 7) is 2.16. The van der Waals surface area contributed by atoms with E-state index in [1.807, 2.05) is 28.0 Å². The molecule has 0 bridgehead atoms. The highest BCUT2D eigenvalue weighted by atomic mass is 79.9. The third kappa shape index (κ3) is 7.04. The summed E-state index contributed by atoms with van der Waals surface area (Å²) < 4.78 is 34.7. The Morgan fingerprint density at radius 2 is 1.13 bits per heavy atom. The average molecular weight is 824 g/mol. The Hall–Kier alpha value is -2.83. The molecule has 7 nitrogen and oxygen atoms in total. The number of nitrogens with one attached hydrogen (secondary N) is 1. The predicted octanol–water partition coefficient (Wildman–Crippen LogP) is 7.24. The molecular weight excluding hydrogens is 792 g/mol. The van der Waals surface area contributed by atoms with Gasteiger partial charge in [-0.2, -0.15) is 0 Å². The molecule has 2 saturated carbocycles. The summed E-state index contributed by atoms with van der Waals surface area (Å²) in [6, 6.07) is 11.1. The summed E-state index contributed by atoms with van der Waals surface area (Å²) in [5.41, 5.74) is 3.92. The van der Waals surface area contributed by atoms with Crippen LogP contribution in [0.5, 0.6) is 5.75 Å². The third-order valence-corrected chi connectivity index (χ3v) is 10.1. The van der Waals surface area contributed by atoms with Crippen LogP contribution in [-0.2, 0) is 19.3 Å². The number of carbonyl (C=O) groups excluding carboxylic acids is 3. The topological polar surface area (TPSA) is 79.0 Å². The largest absolute Gasteiger partial charge is 0.496 e. The van der Waals surface area contributed by atoms with Crippen LogP contribution in [0.4, 0.5) is 8.78 Å². The average Bonchev–Trinajstić information content (AvgIpc) is 3.92. The number of hydrogen-bond acceptors (Lipinski definition) is 4. The Kier molecular flexibility index (Phi) is 9.87. The normalized spacial score (nSPS) is 18.3. The molecule has 5 aliphatic rings. The molecule has 0 unspecified atom stereocenters. The fraction of sp³-hybridized carbons (Fsp3) is 0.382. The van der Waals surface area contributed by atoms with Crippen LogP contribution in [0, 0.1) is 11.6 Å². The number of benzene rings is 3. The summed E-state index contributed by atoms with van der Waals surface area (Å²) in [6.07, 6.45) is 6.82. The minimum absolute atomic E-state index is 0.131. The van der Waals surface area contributed by atoms with E-state index in [-0.39, 0.29) is 28.8 Å². The third-order valence-electron chi connectivity index (χ3n) is 8.72. The summed E-state index contributed by atoms with van der Waals surface area (Å²) in [4.78, 5) is 39.6. The van der Waals surface area contributed by atoms with Crippen molar-refractivity contribution in [2.75, 3.05) is 26.7 Å². The van der Waals surface area contributed by atoms with Crippen LogP contribution in [0.25, 0.3) is 0 Å². The fourth-order valence-corrected chi connectivity index (χ4v) is 7.66. The van der Waals surface area contributed by atoms with Gasteiger partial charge in [0.05, 0.1) is 23.8 Å². The Labute approximate surface area is 291 Å². The molecule has 1 N–H and O–H groups in total. The fourth-order valence-electron chi connectivity index (χ4n) is 6.22. The first-order chi connectivity index (χ1) is 22.0. The number of nitrogens with zero attached hydrogens (tertiary/aromatic N) is 2. The van der Waals surface area contributed by atoms with Gasteiger partial charge in [-0.25, -0.2) is 8.78 Å². The monoisotopic (exact) mass is 821 g/mol. The first kappa shape index (κ1) is 33.1. The number of rotatable bonds is 3. The van der Waals surface area contributed by atoms with Gasteiger partial charge in [0.2, 0.25) is 0 Å². The van der Waals surface area contributed by atoms with E-state index in [4.69, 9.17) is 4.74 Å². The molecule has 3 heterocycles. The van der Waals surface area contributed by atoms with Gasteiger partial charge in [0, 0.05) is 45.1 Å². The van der Waals surface area contributed by atoms with Crippen molar-refractivity contribution in [2.24, 2.45) is 0 Å². The molecule has 12 heteroatoms. The Balaban J connectivity index is 0.000000122. The second kappa shape index (κ2) is 13.7. The van der Waals surface area contributed by atoms with Gasteiger partial charge in [0.25, 0.3) is 17.7 Å². The zero-order valence-corrected chi connectivity index (χ0v) is 29.9. The molecule has 46 heavy (non-hydrogen) atoms. The lowest BCUT2D eigenvalue weighted by atomic mass is 9.98. The maximum atomic E-state index is 13.8. The minimum Gasteiger partial charge on any atom is -0.496 e. The number of amides is 3. The Morgan fingerprint density at radius 1 is 0.674 bits per heavy atom. The SMILES string of the molecule is COc1cc(Br)cc2c1C(=O)N(C1CC1)CC2.O=C1NCCc2cc(Br)cc(F)c21.O=C1c2c(F)cc(Br)cc2CCN1C1CC1. The highest BCUT2D eigenvalue weighted by Crippen LogP contribution is 2.37. The van der Waals surface area contributed by atoms with Gasteiger partial charge in [0.15, 0.2) is 0 Å².